The molecule has 1 amide bonds. The van der Waals surface area contributed by atoms with Crippen LogP contribution in [-0.2, 0) is 9.53 Å². The Bertz CT molecular complexity index is 1400. The first kappa shape index (κ1) is 22.5. The Kier molecular flexibility index (Phi) is 6.34. The summed E-state index contributed by atoms with van der Waals surface area (Å²) in [5.74, 6) is 0.440. The Labute approximate surface area is 202 Å². The minimum absolute atomic E-state index is 0.172. The molecule has 2 aromatic heterocycles. The number of hydrogen-bond acceptors (Lipinski definition) is 8. The Morgan fingerprint density at radius 2 is 2.06 bits per heavy atom. The number of benzene rings is 2. The summed E-state index contributed by atoms with van der Waals surface area (Å²) in [5.41, 5.74) is 11.0. The number of ether oxygens (including phenoxy) is 1. The van der Waals surface area contributed by atoms with E-state index in [4.69, 9.17) is 15.5 Å². The molecule has 3 heterocycles. The number of nitrogens with two attached hydrogens (primary N) is 1. The summed E-state index contributed by atoms with van der Waals surface area (Å²) in [6, 6.07) is 17.1. The fourth-order valence-corrected chi connectivity index (χ4v) is 4.06. The van der Waals surface area contributed by atoms with E-state index in [1.807, 2.05) is 54.6 Å². The van der Waals surface area contributed by atoms with Crippen LogP contribution in [-0.4, -0.2) is 40.6 Å². The average molecular weight is 468 g/mol. The highest BCUT2D eigenvalue weighted by Crippen LogP contribution is 2.33. The van der Waals surface area contributed by atoms with Gasteiger partial charge in [-0.2, -0.15) is 4.98 Å². The summed E-state index contributed by atoms with van der Waals surface area (Å²) in [7, 11) is 0. The molecule has 176 valence electrons. The molecule has 1 aliphatic rings. The highest BCUT2D eigenvalue weighted by atomic mass is 16.5. The molecule has 9 nitrogen and oxygen atoms in total. The summed E-state index contributed by atoms with van der Waals surface area (Å²) < 4.78 is 5.89. The van der Waals surface area contributed by atoms with Gasteiger partial charge in [0.05, 0.1) is 23.5 Å². The van der Waals surface area contributed by atoms with Gasteiger partial charge in [0.15, 0.2) is 0 Å². The summed E-state index contributed by atoms with van der Waals surface area (Å²) in [4.78, 5) is 25.6. The van der Waals surface area contributed by atoms with Crippen molar-refractivity contribution in [2.45, 2.75) is 6.10 Å². The maximum atomic E-state index is 11.8. The first-order valence-corrected chi connectivity index (χ1v) is 11.3. The number of carbonyl (C=O) groups excluding carboxylic acids is 1. The Morgan fingerprint density at radius 3 is 2.89 bits per heavy atom. The lowest BCUT2D eigenvalue weighted by Gasteiger charge is -2.24. The van der Waals surface area contributed by atoms with Gasteiger partial charge in [0.1, 0.15) is 11.9 Å². The van der Waals surface area contributed by atoms with Crippen LogP contribution in [0.3, 0.4) is 0 Å². The third-order valence-corrected chi connectivity index (χ3v) is 5.70. The number of pyridine rings is 1. The first-order chi connectivity index (χ1) is 17.1. The quantitative estimate of drug-likeness (QED) is 0.315. The number of fused-ring (bicyclic) bond motifs is 1. The SMILES string of the molecule is C=CC(=O)Nc1cccc(-c2cccc3c(N)nc(Nc4cccnc4C4CNCCO4)nc23)c1. The smallest absolute Gasteiger partial charge is 0.247 e. The monoisotopic (exact) mass is 467 g/mol. The number of aromatic nitrogens is 3. The molecule has 1 unspecified atom stereocenters. The minimum Gasteiger partial charge on any atom is -0.383 e. The second-order valence-corrected chi connectivity index (χ2v) is 8.03. The van der Waals surface area contributed by atoms with E-state index in [2.05, 4.69) is 32.5 Å². The normalized spacial score (nSPS) is 15.5. The average Bonchev–Trinajstić information content (AvgIpc) is 2.89. The van der Waals surface area contributed by atoms with E-state index < -0.39 is 0 Å². The van der Waals surface area contributed by atoms with Gasteiger partial charge in [-0.25, -0.2) is 4.98 Å². The van der Waals surface area contributed by atoms with Crippen LogP contribution in [0.5, 0.6) is 0 Å². The molecule has 1 atom stereocenters. The van der Waals surface area contributed by atoms with E-state index in [9.17, 15) is 4.79 Å². The fourth-order valence-electron chi connectivity index (χ4n) is 4.06. The zero-order valence-electron chi connectivity index (χ0n) is 19.0. The zero-order chi connectivity index (χ0) is 24.2. The van der Waals surface area contributed by atoms with E-state index in [1.165, 1.54) is 6.08 Å². The summed E-state index contributed by atoms with van der Waals surface area (Å²) in [6.07, 6.45) is 2.80. The number of amides is 1. The molecule has 1 fully saturated rings. The van der Waals surface area contributed by atoms with Crippen molar-refractivity contribution >= 4 is 40.0 Å². The van der Waals surface area contributed by atoms with Crippen molar-refractivity contribution in [1.29, 1.82) is 0 Å². The molecule has 35 heavy (non-hydrogen) atoms. The van der Waals surface area contributed by atoms with Gasteiger partial charge in [0.25, 0.3) is 0 Å². The van der Waals surface area contributed by atoms with Crippen LogP contribution in [0.2, 0.25) is 0 Å². The van der Waals surface area contributed by atoms with Crippen LogP contribution >= 0.6 is 0 Å². The number of nitrogens with one attached hydrogen (secondary N) is 3. The van der Waals surface area contributed by atoms with Gasteiger partial charge in [-0.3, -0.25) is 9.78 Å². The van der Waals surface area contributed by atoms with Crippen LogP contribution in [0, 0.1) is 0 Å². The van der Waals surface area contributed by atoms with Crippen molar-refractivity contribution in [2.75, 3.05) is 36.1 Å². The largest absolute Gasteiger partial charge is 0.383 e. The van der Waals surface area contributed by atoms with Gasteiger partial charge in [-0.15, -0.1) is 0 Å². The van der Waals surface area contributed by atoms with Gasteiger partial charge in [0.2, 0.25) is 11.9 Å². The molecule has 1 saturated heterocycles. The molecule has 0 saturated carbocycles. The van der Waals surface area contributed by atoms with E-state index in [-0.39, 0.29) is 12.0 Å². The maximum Gasteiger partial charge on any atom is 0.247 e. The van der Waals surface area contributed by atoms with Crippen molar-refractivity contribution < 1.29 is 9.53 Å². The van der Waals surface area contributed by atoms with E-state index in [0.29, 0.717) is 36.1 Å². The summed E-state index contributed by atoms with van der Waals surface area (Å²) in [6.45, 7) is 5.62. The highest BCUT2D eigenvalue weighted by Gasteiger charge is 2.21. The Hall–Kier alpha value is -4.34. The van der Waals surface area contributed by atoms with Crippen molar-refractivity contribution in [3.05, 3.63) is 79.1 Å². The number of para-hydroxylation sites is 1. The molecule has 0 bridgehead atoms. The molecule has 5 N–H and O–H groups in total. The van der Waals surface area contributed by atoms with Crippen LogP contribution < -0.4 is 21.7 Å². The van der Waals surface area contributed by atoms with Gasteiger partial charge in [-0.05, 0) is 42.0 Å². The van der Waals surface area contributed by atoms with Gasteiger partial charge >= 0.3 is 0 Å². The summed E-state index contributed by atoms with van der Waals surface area (Å²) >= 11 is 0. The van der Waals surface area contributed by atoms with Gasteiger partial charge < -0.3 is 26.4 Å². The van der Waals surface area contributed by atoms with E-state index in [1.54, 1.807) is 6.20 Å². The van der Waals surface area contributed by atoms with E-state index >= 15 is 0 Å². The fraction of sp³-hybridized carbons (Fsp3) is 0.154. The molecular formula is C26H25N7O2. The maximum absolute atomic E-state index is 11.8. The van der Waals surface area contributed by atoms with Crippen molar-refractivity contribution in [1.82, 2.24) is 20.3 Å². The van der Waals surface area contributed by atoms with Crippen LogP contribution in [0.4, 0.5) is 23.1 Å². The number of nitrogens with zero attached hydrogens (tertiary/aromatic N) is 3. The second kappa shape index (κ2) is 9.88. The number of morpholine rings is 1. The number of nitrogen functional groups attached to an aromatic ring is 1. The molecule has 2 aromatic carbocycles. The molecular weight excluding hydrogens is 442 g/mol. The van der Waals surface area contributed by atoms with Crippen molar-refractivity contribution in [2.24, 2.45) is 0 Å². The lowest BCUT2D eigenvalue weighted by atomic mass is 10.0. The molecule has 9 heteroatoms. The van der Waals surface area contributed by atoms with Gasteiger partial charge in [-0.1, -0.05) is 30.8 Å². The Balaban J connectivity index is 1.54. The van der Waals surface area contributed by atoms with Gasteiger partial charge in [0, 0.05) is 35.9 Å². The van der Waals surface area contributed by atoms with Crippen LogP contribution in [0.25, 0.3) is 22.0 Å². The predicted molar refractivity (Wildman–Crippen MR) is 137 cm³/mol. The summed E-state index contributed by atoms with van der Waals surface area (Å²) in [5, 5.41) is 10.1. The lowest BCUT2D eigenvalue weighted by Crippen LogP contribution is -2.34. The van der Waals surface area contributed by atoms with Crippen LogP contribution in [0.1, 0.15) is 11.8 Å². The molecule has 4 aromatic rings. The third kappa shape index (κ3) is 4.81. The first-order valence-electron chi connectivity index (χ1n) is 11.3. The molecule has 5 rings (SSSR count). The third-order valence-electron chi connectivity index (χ3n) is 5.70. The molecule has 0 radical (unpaired) electrons. The second-order valence-electron chi connectivity index (χ2n) is 8.03. The number of anilines is 4. The predicted octanol–water partition coefficient (Wildman–Crippen LogP) is 3.80. The zero-order valence-corrected chi connectivity index (χ0v) is 19.0. The van der Waals surface area contributed by atoms with Crippen molar-refractivity contribution in [3.63, 3.8) is 0 Å². The molecule has 0 spiro atoms. The highest BCUT2D eigenvalue weighted by molar-refractivity contribution is 6.01. The lowest BCUT2D eigenvalue weighted by molar-refractivity contribution is -0.111. The standard InChI is InChI=1S/C26H25N7O2/c1-2-22(34)30-17-7-3-6-16(14-17)18-8-4-9-19-23(18)32-26(33-25(19)27)31-20-10-5-11-29-24(20)21-15-28-12-13-35-21/h2-11,14,21,28H,1,12-13,15H2,(H,30,34)(H3,27,31,32,33). The van der Waals surface area contributed by atoms with E-state index in [0.717, 1.165) is 34.4 Å². The Morgan fingerprint density at radius 1 is 1.17 bits per heavy atom. The molecule has 0 aliphatic carbocycles. The number of rotatable bonds is 6. The minimum atomic E-state index is -0.275. The topological polar surface area (TPSA) is 127 Å². The van der Waals surface area contributed by atoms with Crippen molar-refractivity contribution in [3.8, 4) is 11.1 Å². The number of carbonyl (C=O) groups is 1. The van der Waals surface area contributed by atoms with Crippen LogP contribution in [0.15, 0.2) is 73.4 Å². The number of hydrogen-bond donors (Lipinski definition) is 4. The molecule has 1 aliphatic heterocycles.